The zero-order valence-electron chi connectivity index (χ0n) is 13.6. The van der Waals surface area contributed by atoms with E-state index in [4.69, 9.17) is 23.7 Å². The minimum absolute atomic E-state index is 0.0532. The smallest absolute Gasteiger partial charge is 0.306 e. The van der Waals surface area contributed by atoms with Crippen molar-refractivity contribution in [1.29, 1.82) is 0 Å². The minimum atomic E-state index is -0.172. The van der Waals surface area contributed by atoms with Gasteiger partial charge in [0.25, 0.3) is 0 Å². The number of carbonyl (C=O) groups excluding carboxylic acids is 1. The molecule has 0 saturated heterocycles. The predicted molar refractivity (Wildman–Crippen MR) is 79.4 cm³/mol. The summed E-state index contributed by atoms with van der Waals surface area (Å²) in [6.07, 6.45) is 1.02. The van der Waals surface area contributed by atoms with Crippen LogP contribution in [0, 0.1) is 0 Å². The van der Waals surface area contributed by atoms with Crippen LogP contribution in [0.4, 0.5) is 0 Å². The summed E-state index contributed by atoms with van der Waals surface area (Å²) in [5, 5.41) is 0. The largest absolute Gasteiger partial charge is 0.463 e. The highest BCUT2D eigenvalue weighted by molar-refractivity contribution is 5.69. The quantitative estimate of drug-likeness (QED) is 0.340. The Bertz CT molecular complexity index is 232. The van der Waals surface area contributed by atoms with E-state index in [1.165, 1.54) is 0 Å². The van der Waals surface area contributed by atoms with Gasteiger partial charge >= 0.3 is 5.97 Å². The molecular formula is C15H30O6. The van der Waals surface area contributed by atoms with Gasteiger partial charge in [0.15, 0.2) is 0 Å². The van der Waals surface area contributed by atoms with Gasteiger partial charge in [-0.2, -0.15) is 0 Å². The summed E-state index contributed by atoms with van der Waals surface area (Å²) in [7, 11) is 0. The van der Waals surface area contributed by atoms with E-state index in [1.807, 2.05) is 20.8 Å². The first-order valence-electron chi connectivity index (χ1n) is 7.67. The summed E-state index contributed by atoms with van der Waals surface area (Å²) >= 11 is 0. The van der Waals surface area contributed by atoms with Crippen molar-refractivity contribution in [2.24, 2.45) is 0 Å². The standard InChI is InChI=1S/C15H30O6/c1-4-17-8-9-19-12-13-20-11-10-18-7-5-6-15(16)21-14(2)3/h14H,4-13H2,1-3H3. The fourth-order valence-corrected chi connectivity index (χ4v) is 1.44. The lowest BCUT2D eigenvalue weighted by molar-refractivity contribution is -0.147. The van der Waals surface area contributed by atoms with Crippen LogP contribution in [0.3, 0.4) is 0 Å². The van der Waals surface area contributed by atoms with Crippen LogP contribution in [0.15, 0.2) is 0 Å². The molecule has 126 valence electrons. The maximum absolute atomic E-state index is 11.2. The Labute approximate surface area is 128 Å². The van der Waals surface area contributed by atoms with Crippen LogP contribution in [0.2, 0.25) is 0 Å². The average Bonchev–Trinajstić information content (AvgIpc) is 2.43. The molecule has 0 amide bonds. The van der Waals surface area contributed by atoms with Crippen LogP contribution >= 0.6 is 0 Å². The van der Waals surface area contributed by atoms with Gasteiger partial charge in [-0.15, -0.1) is 0 Å². The van der Waals surface area contributed by atoms with Crippen molar-refractivity contribution in [3.05, 3.63) is 0 Å². The van der Waals surface area contributed by atoms with Gasteiger partial charge in [-0.1, -0.05) is 0 Å². The summed E-state index contributed by atoms with van der Waals surface area (Å²) < 4.78 is 26.1. The van der Waals surface area contributed by atoms with Gasteiger partial charge in [-0.3, -0.25) is 4.79 Å². The van der Waals surface area contributed by atoms with Crippen molar-refractivity contribution >= 4 is 5.97 Å². The Kier molecular flexibility index (Phi) is 15.2. The molecule has 0 rings (SSSR count). The summed E-state index contributed by atoms with van der Waals surface area (Å²) in [4.78, 5) is 11.2. The predicted octanol–water partition coefficient (Wildman–Crippen LogP) is 1.80. The highest BCUT2D eigenvalue weighted by atomic mass is 16.6. The van der Waals surface area contributed by atoms with Crippen LogP contribution in [-0.4, -0.2) is 64.9 Å². The van der Waals surface area contributed by atoms with E-state index in [1.54, 1.807) is 0 Å². The molecule has 0 saturated carbocycles. The van der Waals surface area contributed by atoms with Crippen molar-refractivity contribution in [3.8, 4) is 0 Å². The Morgan fingerprint density at radius 2 is 1.29 bits per heavy atom. The molecule has 0 N–H and O–H groups in total. The van der Waals surface area contributed by atoms with E-state index >= 15 is 0 Å². The third-order valence-electron chi connectivity index (χ3n) is 2.36. The second-order valence-electron chi connectivity index (χ2n) is 4.68. The van der Waals surface area contributed by atoms with Crippen LogP contribution < -0.4 is 0 Å². The van der Waals surface area contributed by atoms with Gasteiger partial charge in [-0.05, 0) is 27.2 Å². The Morgan fingerprint density at radius 1 is 0.810 bits per heavy atom. The first kappa shape index (κ1) is 20.3. The van der Waals surface area contributed by atoms with E-state index in [2.05, 4.69) is 0 Å². The van der Waals surface area contributed by atoms with Gasteiger partial charge in [0.05, 0.1) is 45.7 Å². The first-order chi connectivity index (χ1) is 10.2. The Hall–Kier alpha value is -0.690. The molecule has 0 aliphatic carbocycles. The van der Waals surface area contributed by atoms with Crippen LogP contribution in [-0.2, 0) is 28.5 Å². The lowest BCUT2D eigenvalue weighted by Crippen LogP contribution is -2.13. The van der Waals surface area contributed by atoms with Crippen LogP contribution in [0.1, 0.15) is 33.6 Å². The molecule has 0 atom stereocenters. The van der Waals surface area contributed by atoms with Crippen LogP contribution in [0.5, 0.6) is 0 Å². The van der Waals surface area contributed by atoms with Crippen molar-refractivity contribution in [3.63, 3.8) is 0 Å². The number of hydrogen-bond donors (Lipinski definition) is 0. The molecule has 0 aromatic rings. The van der Waals surface area contributed by atoms with Gasteiger partial charge in [0.2, 0.25) is 0 Å². The first-order valence-corrected chi connectivity index (χ1v) is 7.67. The number of esters is 1. The number of ether oxygens (including phenoxy) is 5. The third-order valence-corrected chi connectivity index (χ3v) is 2.36. The molecule has 0 aliphatic rings. The van der Waals surface area contributed by atoms with Crippen molar-refractivity contribution < 1.29 is 28.5 Å². The normalized spacial score (nSPS) is 11.0. The highest BCUT2D eigenvalue weighted by Gasteiger charge is 2.04. The van der Waals surface area contributed by atoms with Gasteiger partial charge < -0.3 is 23.7 Å². The minimum Gasteiger partial charge on any atom is -0.463 e. The molecular weight excluding hydrogens is 276 g/mol. The Balaban J connectivity index is 3.07. The molecule has 0 heterocycles. The maximum Gasteiger partial charge on any atom is 0.306 e. The zero-order chi connectivity index (χ0) is 15.8. The van der Waals surface area contributed by atoms with E-state index in [0.717, 1.165) is 0 Å². The lowest BCUT2D eigenvalue weighted by Gasteiger charge is -2.08. The van der Waals surface area contributed by atoms with Gasteiger partial charge in [0.1, 0.15) is 0 Å². The second-order valence-corrected chi connectivity index (χ2v) is 4.68. The Morgan fingerprint density at radius 3 is 1.76 bits per heavy atom. The molecule has 0 aromatic carbocycles. The molecule has 0 unspecified atom stereocenters. The summed E-state index contributed by atoms with van der Waals surface area (Å²) in [5.74, 6) is -0.172. The topological polar surface area (TPSA) is 63.2 Å². The molecule has 0 spiro atoms. The summed E-state index contributed by atoms with van der Waals surface area (Å²) in [5.41, 5.74) is 0. The highest BCUT2D eigenvalue weighted by Crippen LogP contribution is 1.97. The van der Waals surface area contributed by atoms with E-state index in [9.17, 15) is 4.79 Å². The van der Waals surface area contributed by atoms with Crippen molar-refractivity contribution in [1.82, 2.24) is 0 Å². The summed E-state index contributed by atoms with van der Waals surface area (Å²) in [6, 6.07) is 0. The fourth-order valence-electron chi connectivity index (χ4n) is 1.44. The second kappa shape index (κ2) is 15.7. The number of rotatable bonds is 15. The lowest BCUT2D eigenvalue weighted by atomic mass is 10.3. The van der Waals surface area contributed by atoms with Gasteiger partial charge in [0, 0.05) is 19.6 Å². The van der Waals surface area contributed by atoms with Crippen molar-refractivity contribution in [2.75, 3.05) is 52.9 Å². The van der Waals surface area contributed by atoms with E-state index in [-0.39, 0.29) is 12.1 Å². The third kappa shape index (κ3) is 17.3. The molecule has 21 heavy (non-hydrogen) atoms. The van der Waals surface area contributed by atoms with E-state index < -0.39 is 0 Å². The molecule has 0 bridgehead atoms. The molecule has 6 heteroatoms. The molecule has 6 nitrogen and oxygen atoms in total. The van der Waals surface area contributed by atoms with E-state index in [0.29, 0.717) is 65.7 Å². The summed E-state index contributed by atoms with van der Waals surface area (Å²) in [6.45, 7) is 10.3. The average molecular weight is 306 g/mol. The molecule has 0 aliphatic heterocycles. The maximum atomic E-state index is 11.2. The molecule has 0 fully saturated rings. The van der Waals surface area contributed by atoms with Gasteiger partial charge in [-0.25, -0.2) is 0 Å². The number of hydrogen-bond acceptors (Lipinski definition) is 6. The zero-order valence-corrected chi connectivity index (χ0v) is 13.6. The monoisotopic (exact) mass is 306 g/mol. The SMILES string of the molecule is CCOCCOCCOCCOCCCC(=O)OC(C)C. The number of carbonyl (C=O) groups is 1. The van der Waals surface area contributed by atoms with Crippen LogP contribution in [0.25, 0.3) is 0 Å². The molecule has 0 aromatic heterocycles. The van der Waals surface area contributed by atoms with Crippen molar-refractivity contribution in [2.45, 2.75) is 39.7 Å². The molecule has 0 radical (unpaired) electrons. The fraction of sp³-hybridized carbons (Fsp3) is 0.933.